The third kappa shape index (κ3) is 2.32. The van der Waals surface area contributed by atoms with Gasteiger partial charge in [-0.15, -0.1) is 0 Å². The second-order valence-electron chi connectivity index (χ2n) is 6.12. The molecular formula is C15H22N4O2. The summed E-state index contributed by atoms with van der Waals surface area (Å²) in [6.45, 7) is 4.98. The van der Waals surface area contributed by atoms with Gasteiger partial charge in [-0.3, -0.25) is 14.3 Å². The highest BCUT2D eigenvalue weighted by Gasteiger charge is 2.56. The van der Waals surface area contributed by atoms with Crippen LogP contribution in [0.25, 0.3) is 0 Å². The molecule has 1 aliphatic carbocycles. The summed E-state index contributed by atoms with van der Waals surface area (Å²) in [7, 11) is 0. The number of carbonyl (C=O) groups is 2. The molecule has 0 spiro atoms. The molecule has 21 heavy (non-hydrogen) atoms. The standard InChI is InChI=1S/C15H22N4O2/c1-3-12-13(20)19(10-9-18-8-4-7-16-18)15(2,11-5-6-11)14(21)17-12/h4,7-8,11-12H,3,5-6,9-10H2,1-2H3,(H,17,21). The van der Waals surface area contributed by atoms with Gasteiger partial charge in [-0.05, 0) is 38.2 Å². The molecule has 0 aromatic carbocycles. The third-order valence-corrected chi connectivity index (χ3v) is 4.78. The molecule has 1 aromatic rings. The van der Waals surface area contributed by atoms with Crippen LogP contribution in [0.2, 0.25) is 0 Å². The fourth-order valence-corrected chi connectivity index (χ4v) is 3.21. The Labute approximate surface area is 124 Å². The maximum atomic E-state index is 12.7. The maximum Gasteiger partial charge on any atom is 0.246 e. The Morgan fingerprint density at radius 2 is 2.14 bits per heavy atom. The van der Waals surface area contributed by atoms with E-state index in [1.165, 1.54) is 0 Å². The van der Waals surface area contributed by atoms with Crippen LogP contribution in [0.15, 0.2) is 18.5 Å². The van der Waals surface area contributed by atoms with Gasteiger partial charge in [0.25, 0.3) is 0 Å². The van der Waals surface area contributed by atoms with Gasteiger partial charge in [-0.1, -0.05) is 6.92 Å². The van der Waals surface area contributed by atoms with Crippen molar-refractivity contribution in [2.45, 2.75) is 51.2 Å². The molecule has 0 bridgehead atoms. The van der Waals surface area contributed by atoms with E-state index in [2.05, 4.69) is 10.4 Å². The Kier molecular flexibility index (Phi) is 3.47. The van der Waals surface area contributed by atoms with Crippen molar-refractivity contribution in [3.05, 3.63) is 18.5 Å². The van der Waals surface area contributed by atoms with Crippen LogP contribution in [-0.2, 0) is 16.1 Å². The molecule has 3 rings (SSSR count). The van der Waals surface area contributed by atoms with E-state index in [0.29, 0.717) is 19.5 Å². The number of piperazine rings is 1. The summed E-state index contributed by atoms with van der Waals surface area (Å²) in [6, 6.07) is 1.47. The third-order valence-electron chi connectivity index (χ3n) is 4.78. The summed E-state index contributed by atoms with van der Waals surface area (Å²) in [6.07, 6.45) is 6.27. The molecule has 2 aliphatic rings. The highest BCUT2D eigenvalue weighted by molar-refractivity contribution is 6.00. The van der Waals surface area contributed by atoms with Crippen molar-refractivity contribution in [2.24, 2.45) is 5.92 Å². The van der Waals surface area contributed by atoms with Crippen molar-refractivity contribution < 1.29 is 9.59 Å². The fraction of sp³-hybridized carbons (Fsp3) is 0.667. The van der Waals surface area contributed by atoms with Gasteiger partial charge in [0.2, 0.25) is 11.8 Å². The summed E-state index contributed by atoms with van der Waals surface area (Å²) in [5, 5.41) is 7.07. The van der Waals surface area contributed by atoms with Gasteiger partial charge in [0.15, 0.2) is 0 Å². The van der Waals surface area contributed by atoms with Crippen LogP contribution in [-0.4, -0.2) is 44.6 Å². The summed E-state index contributed by atoms with van der Waals surface area (Å²) in [5.74, 6) is 0.326. The summed E-state index contributed by atoms with van der Waals surface area (Å²) < 4.78 is 1.80. The van der Waals surface area contributed by atoms with E-state index >= 15 is 0 Å². The van der Waals surface area contributed by atoms with Crippen molar-refractivity contribution in [3.63, 3.8) is 0 Å². The normalized spacial score (nSPS) is 29.6. The molecule has 2 unspecified atom stereocenters. The molecular weight excluding hydrogens is 268 g/mol. The number of amides is 2. The first kappa shape index (κ1) is 14.1. The van der Waals surface area contributed by atoms with E-state index in [0.717, 1.165) is 12.8 Å². The van der Waals surface area contributed by atoms with Crippen molar-refractivity contribution >= 4 is 11.8 Å². The lowest BCUT2D eigenvalue weighted by atomic mass is 9.87. The number of hydrogen-bond acceptors (Lipinski definition) is 3. The molecule has 1 saturated carbocycles. The number of aromatic nitrogens is 2. The van der Waals surface area contributed by atoms with Gasteiger partial charge in [0.05, 0.1) is 6.54 Å². The molecule has 2 atom stereocenters. The van der Waals surface area contributed by atoms with Crippen LogP contribution in [0.1, 0.15) is 33.1 Å². The van der Waals surface area contributed by atoms with E-state index in [9.17, 15) is 9.59 Å². The topological polar surface area (TPSA) is 67.2 Å². The minimum Gasteiger partial charge on any atom is -0.342 e. The molecule has 1 saturated heterocycles. The van der Waals surface area contributed by atoms with Crippen LogP contribution in [0, 0.1) is 5.92 Å². The van der Waals surface area contributed by atoms with Crippen molar-refractivity contribution in [3.8, 4) is 0 Å². The number of carbonyl (C=O) groups excluding carboxylic acids is 2. The monoisotopic (exact) mass is 290 g/mol. The van der Waals surface area contributed by atoms with Gasteiger partial charge in [-0.2, -0.15) is 5.10 Å². The molecule has 6 nitrogen and oxygen atoms in total. The second-order valence-corrected chi connectivity index (χ2v) is 6.12. The Morgan fingerprint density at radius 1 is 1.38 bits per heavy atom. The molecule has 1 aliphatic heterocycles. The highest BCUT2D eigenvalue weighted by atomic mass is 16.2. The summed E-state index contributed by atoms with van der Waals surface area (Å²) >= 11 is 0. The molecule has 2 amide bonds. The first-order valence-corrected chi connectivity index (χ1v) is 7.67. The van der Waals surface area contributed by atoms with Gasteiger partial charge in [0, 0.05) is 18.9 Å². The molecule has 0 radical (unpaired) electrons. The Morgan fingerprint density at radius 3 is 2.71 bits per heavy atom. The lowest BCUT2D eigenvalue weighted by molar-refractivity contribution is -0.158. The summed E-state index contributed by atoms with van der Waals surface area (Å²) in [4.78, 5) is 27.0. The predicted octanol–water partition coefficient (Wildman–Crippen LogP) is 0.789. The Hall–Kier alpha value is -1.85. The number of nitrogens with zero attached hydrogens (tertiary/aromatic N) is 3. The van der Waals surface area contributed by atoms with E-state index in [4.69, 9.17) is 0 Å². The molecule has 1 aromatic heterocycles. The minimum atomic E-state index is -0.699. The number of hydrogen-bond donors (Lipinski definition) is 1. The fourth-order valence-electron chi connectivity index (χ4n) is 3.21. The van der Waals surface area contributed by atoms with E-state index in [1.807, 2.05) is 26.1 Å². The molecule has 2 heterocycles. The average Bonchev–Trinajstić information content (AvgIpc) is 3.21. The first-order chi connectivity index (χ1) is 10.1. The van der Waals surface area contributed by atoms with Crippen LogP contribution >= 0.6 is 0 Å². The number of nitrogens with one attached hydrogen (secondary N) is 1. The van der Waals surface area contributed by atoms with Gasteiger partial charge in [0.1, 0.15) is 11.6 Å². The smallest absolute Gasteiger partial charge is 0.246 e. The van der Waals surface area contributed by atoms with Crippen molar-refractivity contribution in [1.82, 2.24) is 20.0 Å². The quantitative estimate of drug-likeness (QED) is 0.872. The zero-order chi connectivity index (χ0) is 15.0. The van der Waals surface area contributed by atoms with E-state index in [1.54, 1.807) is 15.8 Å². The second kappa shape index (κ2) is 5.16. The van der Waals surface area contributed by atoms with Crippen molar-refractivity contribution in [1.29, 1.82) is 0 Å². The lowest BCUT2D eigenvalue weighted by Crippen LogP contribution is -2.70. The van der Waals surface area contributed by atoms with Crippen LogP contribution in [0.5, 0.6) is 0 Å². The van der Waals surface area contributed by atoms with Gasteiger partial charge >= 0.3 is 0 Å². The van der Waals surface area contributed by atoms with E-state index in [-0.39, 0.29) is 23.8 Å². The van der Waals surface area contributed by atoms with Gasteiger partial charge in [-0.25, -0.2) is 0 Å². The number of rotatable bonds is 5. The van der Waals surface area contributed by atoms with Gasteiger partial charge < -0.3 is 10.2 Å². The first-order valence-electron chi connectivity index (χ1n) is 7.67. The van der Waals surface area contributed by atoms with Crippen molar-refractivity contribution in [2.75, 3.05) is 6.54 Å². The van der Waals surface area contributed by atoms with E-state index < -0.39 is 5.54 Å². The largest absolute Gasteiger partial charge is 0.342 e. The summed E-state index contributed by atoms with van der Waals surface area (Å²) in [5.41, 5.74) is -0.699. The van der Waals surface area contributed by atoms with Crippen LogP contribution in [0.4, 0.5) is 0 Å². The SMILES string of the molecule is CCC1NC(=O)C(C)(C2CC2)N(CCn2cccn2)C1=O. The molecule has 114 valence electrons. The van der Waals surface area contributed by atoms with Crippen LogP contribution in [0.3, 0.4) is 0 Å². The molecule has 6 heteroatoms. The Balaban J connectivity index is 1.83. The lowest BCUT2D eigenvalue weighted by Gasteiger charge is -2.46. The minimum absolute atomic E-state index is 0.00286. The highest BCUT2D eigenvalue weighted by Crippen LogP contribution is 2.44. The van der Waals surface area contributed by atoms with Crippen LogP contribution < -0.4 is 5.32 Å². The predicted molar refractivity (Wildman–Crippen MR) is 77.3 cm³/mol. The maximum absolute atomic E-state index is 12.7. The zero-order valence-corrected chi connectivity index (χ0v) is 12.6. The Bertz CT molecular complexity index is 538. The average molecular weight is 290 g/mol. The molecule has 1 N–H and O–H groups in total. The molecule has 2 fully saturated rings. The zero-order valence-electron chi connectivity index (χ0n) is 12.6.